The van der Waals surface area contributed by atoms with E-state index in [1.807, 2.05) is 6.92 Å². The number of aryl methyl sites for hydroxylation is 1. The number of benzene rings is 2. The molecule has 0 heterocycles. The lowest BCUT2D eigenvalue weighted by Gasteiger charge is -2.10. The van der Waals surface area contributed by atoms with Crippen molar-refractivity contribution in [3.05, 3.63) is 65.0 Å². The molecule has 27 heavy (non-hydrogen) atoms. The molecule has 0 radical (unpaired) electrons. The van der Waals surface area contributed by atoms with Gasteiger partial charge in [0.2, 0.25) is 0 Å². The van der Waals surface area contributed by atoms with E-state index in [-0.39, 0.29) is 10.5 Å². The number of halogens is 4. The van der Waals surface area contributed by atoms with E-state index in [1.165, 1.54) is 19.1 Å². The van der Waals surface area contributed by atoms with Crippen molar-refractivity contribution in [1.29, 1.82) is 0 Å². The summed E-state index contributed by atoms with van der Waals surface area (Å²) in [7, 11) is -4.02. The Kier molecular flexibility index (Phi) is 7.24. The van der Waals surface area contributed by atoms with Gasteiger partial charge in [0.05, 0.1) is 16.5 Å². The predicted molar refractivity (Wildman–Crippen MR) is 90.4 cm³/mol. The molecule has 10 heteroatoms. The molecular formula is C17H17F4NO4S. The van der Waals surface area contributed by atoms with E-state index in [0.29, 0.717) is 12.1 Å². The van der Waals surface area contributed by atoms with E-state index in [2.05, 4.69) is 0 Å². The third-order valence-electron chi connectivity index (χ3n) is 3.29. The Balaban J connectivity index is 0.000000289. The van der Waals surface area contributed by atoms with Gasteiger partial charge in [-0.1, -0.05) is 17.7 Å². The number of Topliss-reactive ketones (excluding diaryl/α,β-unsaturated/α-hetero) is 1. The average molecular weight is 407 g/mol. The minimum absolute atomic E-state index is 0.0666. The van der Waals surface area contributed by atoms with Crippen molar-refractivity contribution in [1.82, 2.24) is 0 Å². The summed E-state index contributed by atoms with van der Waals surface area (Å²) in [4.78, 5) is 11.3. The van der Waals surface area contributed by atoms with Crippen LogP contribution in [0.4, 0.5) is 17.6 Å². The minimum atomic E-state index is -4.82. The van der Waals surface area contributed by atoms with Crippen molar-refractivity contribution in [2.75, 3.05) is 0 Å². The van der Waals surface area contributed by atoms with Gasteiger partial charge in [-0.3, -0.25) is 9.35 Å². The Labute approximate surface area is 153 Å². The van der Waals surface area contributed by atoms with Crippen LogP contribution in [0.3, 0.4) is 0 Å². The summed E-state index contributed by atoms with van der Waals surface area (Å²) >= 11 is 0. The first-order valence-electron chi connectivity index (χ1n) is 7.44. The maximum absolute atomic E-state index is 12.9. The molecule has 5 nitrogen and oxygen atoms in total. The second kappa shape index (κ2) is 8.59. The zero-order valence-corrected chi connectivity index (χ0v) is 15.1. The molecule has 0 saturated heterocycles. The number of carbonyl (C=O) groups is 1. The number of nitrogens with two attached hydrogens (primary N) is 1. The normalized spacial score (nSPS) is 12.7. The molecule has 0 aliphatic heterocycles. The largest absolute Gasteiger partial charge is 0.419 e. The molecule has 0 aliphatic rings. The fourth-order valence-corrected chi connectivity index (χ4v) is 2.35. The molecule has 0 bridgehead atoms. The molecule has 148 valence electrons. The molecule has 0 fully saturated rings. The quantitative estimate of drug-likeness (QED) is 0.460. The lowest BCUT2D eigenvalue weighted by Crippen LogP contribution is -2.27. The maximum atomic E-state index is 12.9. The van der Waals surface area contributed by atoms with Crippen LogP contribution in [0.2, 0.25) is 0 Å². The van der Waals surface area contributed by atoms with Crippen LogP contribution in [-0.4, -0.2) is 24.8 Å². The molecule has 1 unspecified atom stereocenters. The summed E-state index contributed by atoms with van der Waals surface area (Å²) in [5.74, 6) is -2.07. The zero-order chi connectivity index (χ0) is 21.0. The van der Waals surface area contributed by atoms with Gasteiger partial charge < -0.3 is 5.73 Å². The first kappa shape index (κ1) is 22.7. The third kappa shape index (κ3) is 6.74. The number of alkyl halides is 3. The fourth-order valence-electron chi connectivity index (χ4n) is 1.87. The average Bonchev–Trinajstić information content (AvgIpc) is 2.53. The van der Waals surface area contributed by atoms with E-state index in [1.54, 1.807) is 12.1 Å². The molecule has 0 saturated carbocycles. The van der Waals surface area contributed by atoms with Crippen LogP contribution in [0.5, 0.6) is 0 Å². The molecule has 2 aromatic rings. The van der Waals surface area contributed by atoms with Gasteiger partial charge in [0.15, 0.2) is 5.78 Å². The highest BCUT2D eigenvalue weighted by atomic mass is 32.2. The topological polar surface area (TPSA) is 97.5 Å². The summed E-state index contributed by atoms with van der Waals surface area (Å²) < 4.78 is 79.4. The highest BCUT2D eigenvalue weighted by Gasteiger charge is 2.34. The first-order valence-corrected chi connectivity index (χ1v) is 8.88. The molecule has 0 amide bonds. The van der Waals surface area contributed by atoms with Gasteiger partial charge in [-0.2, -0.15) is 21.6 Å². The molecule has 2 aromatic carbocycles. The van der Waals surface area contributed by atoms with E-state index < -0.39 is 39.5 Å². The smallest absolute Gasteiger partial charge is 0.321 e. The third-order valence-corrected chi connectivity index (χ3v) is 4.16. The van der Waals surface area contributed by atoms with E-state index >= 15 is 0 Å². The van der Waals surface area contributed by atoms with Crippen LogP contribution in [0, 0.1) is 12.7 Å². The summed E-state index contributed by atoms with van der Waals surface area (Å²) in [5, 5.41) is 0. The van der Waals surface area contributed by atoms with Gasteiger partial charge >= 0.3 is 6.18 Å². The van der Waals surface area contributed by atoms with Crippen LogP contribution in [-0.2, 0) is 16.3 Å². The molecule has 2 rings (SSSR count). The number of rotatable bonds is 3. The van der Waals surface area contributed by atoms with Gasteiger partial charge in [0, 0.05) is 5.56 Å². The predicted octanol–water partition coefficient (Wildman–Crippen LogP) is 3.62. The molecule has 0 aromatic heterocycles. The Morgan fingerprint density at radius 3 is 2.04 bits per heavy atom. The minimum Gasteiger partial charge on any atom is -0.321 e. The standard InChI is InChI=1S/C10H9F4NO.C7H8O3S/c1-5(15)9(16)6-2-3-8(11)7(4-6)10(12,13)14;1-6-2-4-7(5-3-6)11(8,9)10/h2-5H,15H2,1H3;2-5H,1H3,(H,8,9,10). The first-order chi connectivity index (χ1) is 12.2. The monoisotopic (exact) mass is 407 g/mol. The van der Waals surface area contributed by atoms with Gasteiger partial charge in [-0.15, -0.1) is 0 Å². The summed E-state index contributed by atoms with van der Waals surface area (Å²) in [5.41, 5.74) is 4.49. The second-order valence-electron chi connectivity index (χ2n) is 5.63. The van der Waals surface area contributed by atoms with E-state index in [4.69, 9.17) is 10.3 Å². The number of carbonyl (C=O) groups excluding carboxylic acids is 1. The van der Waals surface area contributed by atoms with Crippen LogP contribution in [0.1, 0.15) is 28.4 Å². The second-order valence-corrected chi connectivity index (χ2v) is 7.05. The molecule has 0 spiro atoms. The Morgan fingerprint density at radius 2 is 1.63 bits per heavy atom. The van der Waals surface area contributed by atoms with E-state index in [9.17, 15) is 30.8 Å². The van der Waals surface area contributed by atoms with Crippen molar-refractivity contribution in [3.8, 4) is 0 Å². The summed E-state index contributed by atoms with van der Waals surface area (Å²) in [6.45, 7) is 3.19. The van der Waals surface area contributed by atoms with Crippen molar-refractivity contribution < 1.29 is 35.3 Å². The van der Waals surface area contributed by atoms with Gasteiger partial charge in [-0.25, -0.2) is 4.39 Å². The van der Waals surface area contributed by atoms with Gasteiger partial charge in [-0.05, 0) is 44.2 Å². The number of hydrogen-bond acceptors (Lipinski definition) is 4. The van der Waals surface area contributed by atoms with Crippen LogP contribution in [0.25, 0.3) is 0 Å². The molecule has 3 N–H and O–H groups in total. The van der Waals surface area contributed by atoms with Crippen molar-refractivity contribution in [2.24, 2.45) is 5.73 Å². The molecule has 1 atom stereocenters. The van der Waals surface area contributed by atoms with Crippen LogP contribution >= 0.6 is 0 Å². The summed E-state index contributed by atoms with van der Waals surface area (Å²) in [6, 6.07) is 7.13. The highest BCUT2D eigenvalue weighted by Crippen LogP contribution is 2.32. The van der Waals surface area contributed by atoms with Crippen LogP contribution in [0.15, 0.2) is 47.4 Å². The van der Waals surface area contributed by atoms with Gasteiger partial charge in [0.25, 0.3) is 10.1 Å². The van der Waals surface area contributed by atoms with Gasteiger partial charge in [0.1, 0.15) is 5.82 Å². The number of ketones is 1. The Morgan fingerprint density at radius 1 is 1.11 bits per heavy atom. The van der Waals surface area contributed by atoms with Crippen LogP contribution < -0.4 is 5.73 Å². The summed E-state index contributed by atoms with van der Waals surface area (Å²) in [6.07, 6.45) is -4.82. The lowest BCUT2D eigenvalue weighted by molar-refractivity contribution is -0.140. The fraction of sp³-hybridized carbons (Fsp3) is 0.235. The van der Waals surface area contributed by atoms with Crippen molar-refractivity contribution in [3.63, 3.8) is 0 Å². The zero-order valence-electron chi connectivity index (χ0n) is 14.3. The van der Waals surface area contributed by atoms with E-state index in [0.717, 1.165) is 11.6 Å². The molecule has 0 aliphatic carbocycles. The Bertz CT molecular complexity index is 908. The SMILES string of the molecule is CC(N)C(=O)c1ccc(F)c(C(F)(F)F)c1.Cc1ccc(S(=O)(=O)O)cc1. The van der Waals surface area contributed by atoms with Crippen molar-refractivity contribution in [2.45, 2.75) is 31.0 Å². The highest BCUT2D eigenvalue weighted by molar-refractivity contribution is 7.85. The maximum Gasteiger partial charge on any atom is 0.419 e. The molecular weight excluding hydrogens is 390 g/mol. The van der Waals surface area contributed by atoms with Crippen molar-refractivity contribution >= 4 is 15.9 Å². The Hall–Kier alpha value is -2.30. The lowest BCUT2D eigenvalue weighted by atomic mass is 10.0. The number of hydrogen-bond donors (Lipinski definition) is 2.